The van der Waals surface area contributed by atoms with Crippen molar-refractivity contribution in [2.45, 2.75) is 31.9 Å². The summed E-state index contributed by atoms with van der Waals surface area (Å²) >= 11 is 0. The number of para-hydroxylation sites is 2. The number of hydrogen-bond donors (Lipinski definition) is 1. The maximum atomic E-state index is 12.0. The third-order valence-electron chi connectivity index (χ3n) is 4.09. The van der Waals surface area contributed by atoms with Crippen molar-refractivity contribution in [1.29, 1.82) is 0 Å². The highest BCUT2D eigenvalue weighted by Gasteiger charge is 2.30. The largest absolute Gasteiger partial charge is 0.496 e. The van der Waals surface area contributed by atoms with Crippen molar-refractivity contribution in [3.05, 3.63) is 59.7 Å². The van der Waals surface area contributed by atoms with E-state index < -0.39 is 18.1 Å². The van der Waals surface area contributed by atoms with E-state index in [9.17, 15) is 4.79 Å². The molecule has 25 heavy (non-hydrogen) atoms. The third kappa shape index (κ3) is 4.31. The van der Waals surface area contributed by atoms with Crippen molar-refractivity contribution in [3.63, 3.8) is 0 Å². The van der Waals surface area contributed by atoms with Gasteiger partial charge in [0.15, 0.2) is 0 Å². The molecule has 5 heteroatoms. The summed E-state index contributed by atoms with van der Waals surface area (Å²) in [4.78, 5) is 12.0. The molecule has 0 spiro atoms. The molecule has 0 bridgehead atoms. The SMILES string of the molecule is COc1ccccc1C(c1ccccc1OC)[C@H](C)OC(=O)[C@H](C)N. The van der Waals surface area contributed by atoms with E-state index in [4.69, 9.17) is 19.9 Å². The van der Waals surface area contributed by atoms with Gasteiger partial charge < -0.3 is 19.9 Å². The molecule has 2 atom stereocenters. The third-order valence-corrected chi connectivity index (χ3v) is 4.09. The van der Waals surface area contributed by atoms with Crippen LogP contribution in [0.15, 0.2) is 48.5 Å². The average Bonchev–Trinajstić information content (AvgIpc) is 2.62. The van der Waals surface area contributed by atoms with Gasteiger partial charge in [0.1, 0.15) is 23.6 Å². The predicted octanol–water partition coefficient (Wildman–Crippen LogP) is 3.11. The summed E-state index contributed by atoms with van der Waals surface area (Å²) in [7, 11) is 3.24. The van der Waals surface area contributed by atoms with Crippen LogP contribution in [0.4, 0.5) is 0 Å². The van der Waals surface area contributed by atoms with Gasteiger partial charge in [0.25, 0.3) is 0 Å². The zero-order valence-corrected chi connectivity index (χ0v) is 15.1. The van der Waals surface area contributed by atoms with Crippen LogP contribution in [0.5, 0.6) is 11.5 Å². The minimum absolute atomic E-state index is 0.255. The normalized spacial score (nSPS) is 13.2. The van der Waals surface area contributed by atoms with Crippen molar-refractivity contribution >= 4 is 5.97 Å². The standard InChI is InChI=1S/C20H25NO4/c1-13(21)20(22)25-14(2)19(15-9-5-7-11-17(15)23-3)16-10-6-8-12-18(16)24-4/h5-14,19H,21H2,1-4H3/t13-,14-/m0/s1. The smallest absolute Gasteiger partial charge is 0.322 e. The van der Waals surface area contributed by atoms with Gasteiger partial charge in [-0.3, -0.25) is 4.79 Å². The molecule has 0 unspecified atom stereocenters. The van der Waals surface area contributed by atoms with Gasteiger partial charge in [-0.05, 0) is 26.0 Å². The second-order valence-electron chi connectivity index (χ2n) is 5.89. The van der Waals surface area contributed by atoms with Gasteiger partial charge in [0.2, 0.25) is 0 Å². The predicted molar refractivity (Wildman–Crippen MR) is 97.0 cm³/mol. The van der Waals surface area contributed by atoms with E-state index in [2.05, 4.69) is 0 Å². The number of benzene rings is 2. The zero-order chi connectivity index (χ0) is 18.4. The summed E-state index contributed by atoms with van der Waals surface area (Å²) in [6.45, 7) is 3.46. The van der Waals surface area contributed by atoms with Crippen LogP contribution in [-0.4, -0.2) is 32.3 Å². The van der Waals surface area contributed by atoms with Crippen LogP contribution in [0.2, 0.25) is 0 Å². The Morgan fingerprint density at radius 3 is 1.72 bits per heavy atom. The first-order valence-corrected chi connectivity index (χ1v) is 8.21. The Morgan fingerprint density at radius 1 is 0.880 bits per heavy atom. The van der Waals surface area contributed by atoms with Crippen molar-refractivity contribution < 1.29 is 19.0 Å². The number of carbonyl (C=O) groups is 1. The molecule has 2 aromatic carbocycles. The lowest BCUT2D eigenvalue weighted by atomic mass is 9.86. The Kier molecular flexibility index (Phi) is 6.42. The van der Waals surface area contributed by atoms with Crippen LogP contribution in [0.3, 0.4) is 0 Å². The molecule has 0 aromatic heterocycles. The Labute approximate surface area is 148 Å². The topological polar surface area (TPSA) is 70.8 Å². The van der Waals surface area contributed by atoms with E-state index in [1.54, 1.807) is 21.1 Å². The maximum absolute atomic E-state index is 12.0. The Hall–Kier alpha value is -2.53. The number of nitrogens with two attached hydrogens (primary N) is 1. The van der Waals surface area contributed by atoms with Crippen LogP contribution in [0.1, 0.15) is 30.9 Å². The molecule has 0 fully saturated rings. The van der Waals surface area contributed by atoms with Crippen molar-refractivity contribution in [3.8, 4) is 11.5 Å². The van der Waals surface area contributed by atoms with Crippen LogP contribution in [0, 0.1) is 0 Å². The molecule has 0 aliphatic carbocycles. The van der Waals surface area contributed by atoms with Crippen LogP contribution in [0.25, 0.3) is 0 Å². The van der Waals surface area contributed by atoms with Crippen LogP contribution in [-0.2, 0) is 9.53 Å². The summed E-state index contributed by atoms with van der Waals surface area (Å²) in [5, 5.41) is 0. The van der Waals surface area contributed by atoms with Crippen molar-refractivity contribution in [1.82, 2.24) is 0 Å². The molecule has 0 aliphatic heterocycles. The first-order valence-electron chi connectivity index (χ1n) is 8.21. The van der Waals surface area contributed by atoms with Gasteiger partial charge in [-0.25, -0.2) is 0 Å². The van der Waals surface area contributed by atoms with E-state index >= 15 is 0 Å². The van der Waals surface area contributed by atoms with Crippen molar-refractivity contribution in [2.24, 2.45) is 5.73 Å². The molecule has 0 heterocycles. The lowest BCUT2D eigenvalue weighted by molar-refractivity contribution is -0.150. The summed E-state index contributed by atoms with van der Waals surface area (Å²) < 4.78 is 16.6. The molecule has 0 saturated heterocycles. The summed E-state index contributed by atoms with van der Waals surface area (Å²) in [6.07, 6.45) is -0.453. The van der Waals surface area contributed by atoms with Crippen LogP contribution < -0.4 is 15.2 Å². The van der Waals surface area contributed by atoms with Gasteiger partial charge in [-0.1, -0.05) is 36.4 Å². The molecule has 0 amide bonds. The minimum atomic E-state index is -0.682. The highest BCUT2D eigenvalue weighted by atomic mass is 16.5. The fraction of sp³-hybridized carbons (Fsp3) is 0.350. The quantitative estimate of drug-likeness (QED) is 0.782. The summed E-state index contributed by atoms with van der Waals surface area (Å²) in [5.74, 6) is 0.751. The van der Waals surface area contributed by atoms with Gasteiger partial charge in [0.05, 0.1) is 20.1 Å². The van der Waals surface area contributed by atoms with E-state index in [0.29, 0.717) is 0 Å². The number of methoxy groups -OCH3 is 2. The fourth-order valence-electron chi connectivity index (χ4n) is 2.88. The molecule has 0 aliphatic rings. The van der Waals surface area contributed by atoms with E-state index in [1.165, 1.54) is 0 Å². The fourth-order valence-corrected chi connectivity index (χ4v) is 2.88. The van der Waals surface area contributed by atoms with Gasteiger partial charge >= 0.3 is 5.97 Å². The Balaban J connectivity index is 2.53. The summed E-state index contributed by atoms with van der Waals surface area (Å²) in [6, 6.07) is 14.7. The second-order valence-corrected chi connectivity index (χ2v) is 5.89. The highest BCUT2D eigenvalue weighted by molar-refractivity contribution is 5.75. The number of hydrogen-bond acceptors (Lipinski definition) is 5. The summed E-state index contributed by atoms with van der Waals surface area (Å²) in [5.41, 5.74) is 7.48. The van der Waals surface area contributed by atoms with E-state index in [-0.39, 0.29) is 5.92 Å². The number of esters is 1. The molecule has 5 nitrogen and oxygen atoms in total. The number of rotatable bonds is 7. The molecule has 134 valence electrons. The molecule has 2 N–H and O–H groups in total. The molecule has 2 rings (SSSR count). The zero-order valence-electron chi connectivity index (χ0n) is 15.1. The van der Waals surface area contributed by atoms with E-state index in [1.807, 2.05) is 55.5 Å². The Morgan fingerprint density at radius 2 is 1.32 bits per heavy atom. The van der Waals surface area contributed by atoms with Crippen LogP contribution >= 0.6 is 0 Å². The monoisotopic (exact) mass is 343 g/mol. The molecule has 0 radical (unpaired) electrons. The average molecular weight is 343 g/mol. The second kappa shape index (κ2) is 8.53. The van der Waals surface area contributed by atoms with Gasteiger partial charge in [-0.2, -0.15) is 0 Å². The first kappa shape index (κ1) is 18.8. The highest BCUT2D eigenvalue weighted by Crippen LogP contribution is 2.39. The first-order chi connectivity index (χ1) is 12.0. The molecular formula is C20H25NO4. The number of carbonyl (C=O) groups excluding carboxylic acids is 1. The molecule has 2 aromatic rings. The number of ether oxygens (including phenoxy) is 3. The van der Waals surface area contributed by atoms with E-state index in [0.717, 1.165) is 22.6 Å². The lowest BCUT2D eigenvalue weighted by Crippen LogP contribution is -2.34. The minimum Gasteiger partial charge on any atom is -0.496 e. The molecular weight excluding hydrogens is 318 g/mol. The van der Waals surface area contributed by atoms with Gasteiger partial charge in [-0.15, -0.1) is 0 Å². The maximum Gasteiger partial charge on any atom is 0.322 e. The Bertz CT molecular complexity index is 667. The van der Waals surface area contributed by atoms with Gasteiger partial charge in [0, 0.05) is 11.1 Å². The molecule has 0 saturated carbocycles. The lowest BCUT2D eigenvalue weighted by Gasteiger charge is -2.28. The van der Waals surface area contributed by atoms with Crippen molar-refractivity contribution in [2.75, 3.05) is 14.2 Å².